The summed E-state index contributed by atoms with van der Waals surface area (Å²) in [6.07, 6.45) is 3.47. The second-order valence-corrected chi connectivity index (χ2v) is 4.89. The van der Waals surface area contributed by atoms with Crippen molar-refractivity contribution in [1.82, 2.24) is 9.97 Å². The van der Waals surface area contributed by atoms with Crippen LogP contribution < -0.4 is 5.32 Å². The van der Waals surface area contributed by atoms with E-state index in [0.717, 1.165) is 21.4 Å². The Morgan fingerprint density at radius 1 is 1.29 bits per heavy atom. The molecule has 5 heteroatoms. The van der Waals surface area contributed by atoms with E-state index in [0.29, 0.717) is 11.7 Å². The standard InChI is InChI=1S/C12H11BrClN3/c1-8-4-5-15-12(14)11(8)17-7-10-3-2-9(13)6-16-10/h2-6,17H,7H2,1H3. The first-order valence-corrected chi connectivity index (χ1v) is 6.29. The van der Waals surface area contributed by atoms with Gasteiger partial charge in [0.1, 0.15) is 0 Å². The molecule has 0 saturated heterocycles. The normalized spacial score (nSPS) is 10.3. The zero-order chi connectivity index (χ0) is 12.3. The van der Waals surface area contributed by atoms with E-state index < -0.39 is 0 Å². The van der Waals surface area contributed by atoms with Gasteiger partial charge in [0.05, 0.1) is 17.9 Å². The van der Waals surface area contributed by atoms with Gasteiger partial charge in [0.25, 0.3) is 0 Å². The zero-order valence-electron chi connectivity index (χ0n) is 9.24. The Morgan fingerprint density at radius 3 is 2.76 bits per heavy atom. The largest absolute Gasteiger partial charge is 0.377 e. The highest BCUT2D eigenvalue weighted by molar-refractivity contribution is 9.10. The molecule has 0 bridgehead atoms. The molecule has 0 aliphatic heterocycles. The topological polar surface area (TPSA) is 37.8 Å². The minimum atomic E-state index is 0.488. The van der Waals surface area contributed by atoms with Crippen LogP contribution in [0.1, 0.15) is 11.3 Å². The van der Waals surface area contributed by atoms with E-state index in [1.54, 1.807) is 12.4 Å². The summed E-state index contributed by atoms with van der Waals surface area (Å²) < 4.78 is 0.969. The fourth-order valence-corrected chi connectivity index (χ4v) is 1.93. The summed E-state index contributed by atoms with van der Waals surface area (Å²) in [4.78, 5) is 8.32. The maximum absolute atomic E-state index is 6.02. The molecule has 0 fully saturated rings. The van der Waals surface area contributed by atoms with Crippen LogP contribution in [0.5, 0.6) is 0 Å². The summed E-state index contributed by atoms with van der Waals surface area (Å²) in [5.41, 5.74) is 2.88. The average Bonchev–Trinajstić information content (AvgIpc) is 2.31. The Bertz CT molecular complexity index is 493. The molecule has 0 aliphatic rings. The van der Waals surface area contributed by atoms with Crippen LogP contribution in [0.25, 0.3) is 0 Å². The fraction of sp³-hybridized carbons (Fsp3) is 0.167. The number of nitrogens with one attached hydrogen (secondary N) is 1. The first-order valence-electron chi connectivity index (χ1n) is 5.12. The minimum Gasteiger partial charge on any atom is -0.377 e. The van der Waals surface area contributed by atoms with Crippen molar-refractivity contribution in [2.24, 2.45) is 0 Å². The lowest BCUT2D eigenvalue weighted by atomic mass is 10.2. The van der Waals surface area contributed by atoms with Crippen LogP contribution in [0.15, 0.2) is 35.1 Å². The summed E-state index contributed by atoms with van der Waals surface area (Å²) in [5.74, 6) is 0. The van der Waals surface area contributed by atoms with E-state index in [9.17, 15) is 0 Å². The number of aromatic nitrogens is 2. The molecule has 0 aliphatic carbocycles. The lowest BCUT2D eigenvalue weighted by Crippen LogP contribution is -2.03. The molecule has 0 spiro atoms. The molecular weight excluding hydrogens is 302 g/mol. The number of hydrogen-bond donors (Lipinski definition) is 1. The van der Waals surface area contributed by atoms with Crippen LogP contribution >= 0.6 is 27.5 Å². The Hall–Kier alpha value is -1.13. The predicted molar refractivity (Wildman–Crippen MR) is 73.2 cm³/mol. The van der Waals surface area contributed by atoms with Gasteiger partial charge in [-0.25, -0.2) is 4.98 Å². The lowest BCUT2D eigenvalue weighted by molar-refractivity contribution is 1.03. The molecule has 1 N–H and O–H groups in total. The molecule has 0 amide bonds. The Morgan fingerprint density at radius 2 is 2.12 bits per heavy atom. The van der Waals surface area contributed by atoms with Crippen LogP contribution in [0.3, 0.4) is 0 Å². The van der Waals surface area contributed by atoms with Gasteiger partial charge >= 0.3 is 0 Å². The van der Waals surface area contributed by atoms with E-state index in [1.807, 2.05) is 25.1 Å². The Balaban J connectivity index is 2.10. The van der Waals surface area contributed by atoms with Crippen molar-refractivity contribution in [1.29, 1.82) is 0 Å². The summed E-state index contributed by atoms with van der Waals surface area (Å²) in [5, 5.41) is 3.73. The van der Waals surface area contributed by atoms with Crippen LogP contribution in [-0.2, 0) is 6.54 Å². The van der Waals surface area contributed by atoms with Gasteiger partial charge in [-0.1, -0.05) is 11.6 Å². The molecule has 0 aromatic carbocycles. The molecule has 0 saturated carbocycles. The quantitative estimate of drug-likeness (QED) is 0.876. The van der Waals surface area contributed by atoms with Crippen molar-refractivity contribution in [3.63, 3.8) is 0 Å². The van der Waals surface area contributed by atoms with Crippen LogP contribution in [0.2, 0.25) is 5.15 Å². The lowest BCUT2D eigenvalue weighted by Gasteiger charge is -2.10. The number of nitrogens with zero attached hydrogens (tertiary/aromatic N) is 2. The molecule has 17 heavy (non-hydrogen) atoms. The summed E-state index contributed by atoms with van der Waals surface area (Å²) in [6, 6.07) is 5.83. The zero-order valence-corrected chi connectivity index (χ0v) is 11.6. The Kier molecular flexibility index (Phi) is 3.97. The van der Waals surface area contributed by atoms with Crippen molar-refractivity contribution in [3.05, 3.63) is 51.5 Å². The number of aryl methyl sites for hydroxylation is 1. The van der Waals surface area contributed by atoms with E-state index >= 15 is 0 Å². The molecule has 0 radical (unpaired) electrons. The molecule has 88 valence electrons. The highest BCUT2D eigenvalue weighted by Gasteiger charge is 2.04. The third kappa shape index (κ3) is 3.17. The van der Waals surface area contributed by atoms with Crippen molar-refractivity contribution < 1.29 is 0 Å². The van der Waals surface area contributed by atoms with Gasteiger partial charge in [0.15, 0.2) is 5.15 Å². The summed E-state index contributed by atoms with van der Waals surface area (Å²) >= 11 is 9.37. The van der Waals surface area contributed by atoms with Crippen molar-refractivity contribution in [2.45, 2.75) is 13.5 Å². The van der Waals surface area contributed by atoms with Gasteiger partial charge in [-0.15, -0.1) is 0 Å². The number of rotatable bonds is 3. The maximum Gasteiger partial charge on any atom is 0.152 e. The third-order valence-corrected chi connectivity index (χ3v) is 3.10. The predicted octanol–water partition coefficient (Wildman–Crippen LogP) is 3.81. The SMILES string of the molecule is Cc1ccnc(Cl)c1NCc1ccc(Br)cn1. The molecule has 0 unspecified atom stereocenters. The van der Waals surface area contributed by atoms with Crippen LogP contribution in [-0.4, -0.2) is 9.97 Å². The molecule has 2 aromatic heterocycles. The van der Waals surface area contributed by atoms with Gasteiger partial charge in [0.2, 0.25) is 0 Å². The van der Waals surface area contributed by atoms with E-state index in [1.165, 1.54) is 0 Å². The number of pyridine rings is 2. The van der Waals surface area contributed by atoms with Crippen LogP contribution in [0.4, 0.5) is 5.69 Å². The summed E-state index contributed by atoms with van der Waals surface area (Å²) in [6.45, 7) is 2.62. The molecule has 2 aromatic rings. The van der Waals surface area contributed by atoms with Gasteiger partial charge in [0, 0.05) is 16.9 Å². The molecular formula is C12H11BrClN3. The molecule has 2 rings (SSSR count). The van der Waals surface area contributed by atoms with Gasteiger partial charge < -0.3 is 5.32 Å². The number of halogens is 2. The van der Waals surface area contributed by atoms with Gasteiger partial charge in [-0.2, -0.15) is 0 Å². The van der Waals surface area contributed by atoms with E-state index in [2.05, 4.69) is 31.2 Å². The highest BCUT2D eigenvalue weighted by atomic mass is 79.9. The third-order valence-electron chi connectivity index (χ3n) is 2.35. The van der Waals surface area contributed by atoms with Crippen molar-refractivity contribution in [2.75, 3.05) is 5.32 Å². The monoisotopic (exact) mass is 311 g/mol. The Labute approximate surface area is 113 Å². The molecule has 3 nitrogen and oxygen atoms in total. The minimum absolute atomic E-state index is 0.488. The number of hydrogen-bond acceptors (Lipinski definition) is 3. The number of anilines is 1. The van der Waals surface area contributed by atoms with E-state index in [-0.39, 0.29) is 0 Å². The first-order chi connectivity index (χ1) is 8.16. The average molecular weight is 313 g/mol. The maximum atomic E-state index is 6.02. The van der Waals surface area contributed by atoms with Crippen LogP contribution in [0, 0.1) is 6.92 Å². The molecule has 2 heterocycles. The fourth-order valence-electron chi connectivity index (χ4n) is 1.43. The van der Waals surface area contributed by atoms with Crippen molar-refractivity contribution >= 4 is 33.2 Å². The smallest absolute Gasteiger partial charge is 0.152 e. The second-order valence-electron chi connectivity index (χ2n) is 3.61. The highest BCUT2D eigenvalue weighted by Crippen LogP contribution is 2.23. The molecule has 0 atom stereocenters. The van der Waals surface area contributed by atoms with Gasteiger partial charge in [-0.05, 0) is 46.6 Å². The van der Waals surface area contributed by atoms with Gasteiger partial charge in [-0.3, -0.25) is 4.98 Å². The summed E-state index contributed by atoms with van der Waals surface area (Å²) in [7, 11) is 0. The van der Waals surface area contributed by atoms with E-state index in [4.69, 9.17) is 11.6 Å². The second kappa shape index (κ2) is 5.47. The van der Waals surface area contributed by atoms with Crippen molar-refractivity contribution in [3.8, 4) is 0 Å². The first kappa shape index (κ1) is 12.3.